The maximum absolute atomic E-state index is 12.3. The molecule has 0 bridgehead atoms. The number of hydrogen-bond acceptors (Lipinski definition) is 4. The van der Waals surface area contributed by atoms with E-state index in [9.17, 15) is 9.59 Å². The van der Waals surface area contributed by atoms with E-state index in [1.165, 1.54) is 6.42 Å². The second-order valence-corrected chi connectivity index (χ2v) is 8.49. The third-order valence-corrected chi connectivity index (χ3v) is 5.84. The summed E-state index contributed by atoms with van der Waals surface area (Å²) in [5.74, 6) is 1.95. The van der Waals surface area contributed by atoms with Crippen molar-refractivity contribution in [1.29, 1.82) is 0 Å². The van der Waals surface area contributed by atoms with Crippen molar-refractivity contribution >= 4 is 17.5 Å². The minimum atomic E-state index is -0.0580. The highest BCUT2D eigenvalue weighted by Gasteiger charge is 2.16. The second kappa shape index (κ2) is 11.4. The molecule has 6 heteroatoms. The predicted molar refractivity (Wildman–Crippen MR) is 132 cm³/mol. The number of para-hydroxylation sites is 1. The number of nitrogens with one attached hydrogen (secondary N) is 1. The highest BCUT2D eigenvalue weighted by Crippen LogP contribution is 2.24. The smallest absolute Gasteiger partial charge is 0.260 e. The van der Waals surface area contributed by atoms with Gasteiger partial charge in [0.1, 0.15) is 17.2 Å². The minimum Gasteiger partial charge on any atom is -0.484 e. The van der Waals surface area contributed by atoms with Gasteiger partial charge in [-0.25, -0.2) is 0 Å². The van der Waals surface area contributed by atoms with Crippen molar-refractivity contribution < 1.29 is 19.1 Å². The van der Waals surface area contributed by atoms with E-state index >= 15 is 0 Å². The van der Waals surface area contributed by atoms with E-state index in [0.29, 0.717) is 17.2 Å². The van der Waals surface area contributed by atoms with Gasteiger partial charge in [0.25, 0.3) is 5.91 Å². The molecule has 0 saturated carbocycles. The van der Waals surface area contributed by atoms with E-state index in [-0.39, 0.29) is 24.8 Å². The largest absolute Gasteiger partial charge is 0.484 e. The summed E-state index contributed by atoms with van der Waals surface area (Å²) in [4.78, 5) is 26.5. The molecule has 0 aliphatic carbocycles. The van der Waals surface area contributed by atoms with Gasteiger partial charge in [-0.3, -0.25) is 9.59 Å². The second-order valence-electron chi connectivity index (χ2n) is 8.49. The molecular formula is C28H30N2O4. The van der Waals surface area contributed by atoms with Crippen LogP contribution in [0.5, 0.6) is 17.2 Å². The van der Waals surface area contributed by atoms with Crippen LogP contribution in [0.15, 0.2) is 72.8 Å². The topological polar surface area (TPSA) is 67.9 Å². The Kier molecular flexibility index (Phi) is 7.81. The molecule has 6 nitrogen and oxygen atoms in total. The monoisotopic (exact) mass is 458 g/mol. The number of ether oxygens (including phenoxy) is 2. The fraction of sp³-hybridized carbons (Fsp3) is 0.286. The molecule has 1 aliphatic heterocycles. The van der Waals surface area contributed by atoms with Gasteiger partial charge in [0.2, 0.25) is 5.91 Å². The van der Waals surface area contributed by atoms with Crippen LogP contribution in [0.25, 0.3) is 0 Å². The van der Waals surface area contributed by atoms with Crippen molar-refractivity contribution in [2.75, 3.05) is 25.0 Å². The lowest BCUT2D eigenvalue weighted by molar-refractivity contribution is -0.134. The van der Waals surface area contributed by atoms with Gasteiger partial charge < -0.3 is 19.7 Å². The first-order valence-electron chi connectivity index (χ1n) is 11.7. The number of amides is 2. The Hall–Kier alpha value is -3.80. The number of anilines is 1. The first kappa shape index (κ1) is 23.4. The van der Waals surface area contributed by atoms with Gasteiger partial charge in [-0.2, -0.15) is 0 Å². The highest BCUT2D eigenvalue weighted by molar-refractivity contribution is 5.92. The summed E-state index contributed by atoms with van der Waals surface area (Å²) >= 11 is 0. The van der Waals surface area contributed by atoms with Crippen LogP contribution in [0.3, 0.4) is 0 Å². The summed E-state index contributed by atoms with van der Waals surface area (Å²) in [5, 5.41) is 2.95. The molecule has 176 valence electrons. The Bertz CT molecular complexity index is 1100. The number of hydrogen-bond donors (Lipinski definition) is 1. The Balaban J connectivity index is 1.24. The summed E-state index contributed by atoms with van der Waals surface area (Å²) in [6.07, 6.45) is 3.62. The van der Waals surface area contributed by atoms with Crippen LogP contribution in [-0.2, 0) is 16.0 Å². The number of piperidine rings is 1. The van der Waals surface area contributed by atoms with Crippen LogP contribution < -0.4 is 14.8 Å². The zero-order valence-corrected chi connectivity index (χ0v) is 19.5. The fourth-order valence-electron chi connectivity index (χ4n) is 3.89. The summed E-state index contributed by atoms with van der Waals surface area (Å²) in [7, 11) is 0. The molecule has 2 amide bonds. The van der Waals surface area contributed by atoms with Gasteiger partial charge in [-0.15, -0.1) is 0 Å². The van der Waals surface area contributed by atoms with E-state index < -0.39 is 0 Å². The Morgan fingerprint density at radius 3 is 2.12 bits per heavy atom. The van der Waals surface area contributed by atoms with Crippen molar-refractivity contribution in [2.45, 2.75) is 32.6 Å². The lowest BCUT2D eigenvalue weighted by Crippen LogP contribution is -2.38. The van der Waals surface area contributed by atoms with Gasteiger partial charge in [0.05, 0.1) is 6.42 Å². The lowest BCUT2D eigenvalue weighted by atomic mass is 10.1. The molecule has 1 saturated heterocycles. The number of aryl methyl sites for hydroxylation is 1. The molecule has 0 atom stereocenters. The van der Waals surface area contributed by atoms with Crippen LogP contribution >= 0.6 is 0 Å². The molecule has 34 heavy (non-hydrogen) atoms. The Morgan fingerprint density at radius 1 is 0.824 bits per heavy atom. The van der Waals surface area contributed by atoms with E-state index in [0.717, 1.165) is 42.7 Å². The first-order valence-corrected chi connectivity index (χ1v) is 11.7. The molecule has 0 spiro atoms. The van der Waals surface area contributed by atoms with Crippen LogP contribution in [0.4, 0.5) is 5.69 Å². The molecule has 1 N–H and O–H groups in total. The summed E-state index contributed by atoms with van der Waals surface area (Å²) in [6.45, 7) is 3.67. The van der Waals surface area contributed by atoms with E-state index in [1.54, 1.807) is 12.1 Å². The first-order chi connectivity index (χ1) is 16.6. The van der Waals surface area contributed by atoms with Gasteiger partial charge in [-0.1, -0.05) is 30.3 Å². The predicted octanol–water partition coefficient (Wildman–Crippen LogP) is 5.36. The van der Waals surface area contributed by atoms with Crippen LogP contribution in [0.2, 0.25) is 0 Å². The zero-order valence-electron chi connectivity index (χ0n) is 19.5. The lowest BCUT2D eigenvalue weighted by Gasteiger charge is -2.26. The third-order valence-electron chi connectivity index (χ3n) is 5.84. The fourth-order valence-corrected chi connectivity index (χ4v) is 3.89. The molecule has 0 unspecified atom stereocenters. The standard InChI is InChI=1S/C28H30N2O4/c1-21-7-3-4-8-26(21)29-27(31)19-22-9-11-24(12-10-22)34-25-15-13-23(14-16-25)33-20-28(32)30-17-5-2-6-18-30/h3-4,7-16H,2,5-6,17-20H2,1H3,(H,29,31). The molecule has 4 rings (SSSR count). The average molecular weight is 459 g/mol. The number of benzene rings is 3. The van der Waals surface area contributed by atoms with Crippen molar-refractivity contribution in [3.63, 3.8) is 0 Å². The molecule has 0 radical (unpaired) electrons. The van der Waals surface area contributed by atoms with Crippen molar-refractivity contribution in [1.82, 2.24) is 4.90 Å². The minimum absolute atomic E-state index is 0.0349. The molecule has 0 aromatic heterocycles. The quantitative estimate of drug-likeness (QED) is 0.493. The Morgan fingerprint density at radius 2 is 1.44 bits per heavy atom. The number of carbonyl (C=O) groups is 2. The summed E-state index contributed by atoms with van der Waals surface area (Å²) < 4.78 is 11.5. The average Bonchev–Trinajstić information content (AvgIpc) is 2.86. The van der Waals surface area contributed by atoms with E-state index in [2.05, 4.69) is 5.32 Å². The molecule has 1 heterocycles. The molecule has 3 aromatic rings. The summed E-state index contributed by atoms with van der Waals surface area (Å²) in [5.41, 5.74) is 2.76. The summed E-state index contributed by atoms with van der Waals surface area (Å²) in [6, 6.07) is 22.4. The van der Waals surface area contributed by atoms with Crippen LogP contribution in [0.1, 0.15) is 30.4 Å². The van der Waals surface area contributed by atoms with Crippen molar-refractivity contribution in [3.05, 3.63) is 83.9 Å². The van der Waals surface area contributed by atoms with Gasteiger partial charge in [0.15, 0.2) is 6.61 Å². The van der Waals surface area contributed by atoms with Gasteiger partial charge in [0, 0.05) is 18.8 Å². The number of likely N-dealkylation sites (tertiary alicyclic amines) is 1. The molecule has 3 aromatic carbocycles. The number of rotatable bonds is 8. The zero-order chi connectivity index (χ0) is 23.8. The normalized spacial score (nSPS) is 13.3. The highest BCUT2D eigenvalue weighted by atomic mass is 16.5. The van der Waals surface area contributed by atoms with Crippen LogP contribution in [-0.4, -0.2) is 36.4 Å². The van der Waals surface area contributed by atoms with Gasteiger partial charge >= 0.3 is 0 Å². The Labute approximate surface area is 200 Å². The maximum Gasteiger partial charge on any atom is 0.260 e. The van der Waals surface area contributed by atoms with E-state index in [4.69, 9.17) is 9.47 Å². The van der Waals surface area contributed by atoms with E-state index in [1.807, 2.05) is 72.5 Å². The van der Waals surface area contributed by atoms with Crippen molar-refractivity contribution in [3.8, 4) is 17.2 Å². The van der Waals surface area contributed by atoms with Gasteiger partial charge in [-0.05, 0) is 79.8 Å². The molecular weight excluding hydrogens is 428 g/mol. The maximum atomic E-state index is 12.3. The number of nitrogens with zero attached hydrogens (tertiary/aromatic N) is 1. The third kappa shape index (κ3) is 6.61. The SMILES string of the molecule is Cc1ccccc1NC(=O)Cc1ccc(Oc2ccc(OCC(=O)N3CCCCC3)cc2)cc1. The molecule has 1 fully saturated rings. The number of carbonyl (C=O) groups excluding carboxylic acids is 2. The van der Waals surface area contributed by atoms with Crippen LogP contribution in [0, 0.1) is 6.92 Å². The van der Waals surface area contributed by atoms with Crippen molar-refractivity contribution in [2.24, 2.45) is 0 Å². The molecule has 1 aliphatic rings.